The van der Waals surface area contributed by atoms with Gasteiger partial charge in [-0.3, -0.25) is 9.56 Å². The molecular formula is C30H30ClN3O3Si. The summed E-state index contributed by atoms with van der Waals surface area (Å²) in [5, 5.41) is 2.53. The summed E-state index contributed by atoms with van der Waals surface area (Å²) < 4.78 is 14.2. The molecular weight excluding hydrogens is 514 g/mol. The number of nitrogens with zero attached hydrogens (tertiary/aromatic N) is 3. The molecule has 0 saturated heterocycles. The number of aliphatic imine (C=N–C) groups is 1. The molecule has 8 heteroatoms. The first-order chi connectivity index (χ1) is 18.3. The molecule has 5 rings (SSSR count). The van der Waals surface area contributed by atoms with E-state index in [1.165, 1.54) is 10.4 Å². The number of fused-ring (bicyclic) bond motifs is 3. The third-order valence-corrected chi connectivity index (χ3v) is 12.1. The van der Waals surface area contributed by atoms with E-state index in [2.05, 4.69) is 79.3 Å². The van der Waals surface area contributed by atoms with E-state index in [1.807, 2.05) is 34.9 Å². The first-order valence-electron chi connectivity index (χ1n) is 12.6. The van der Waals surface area contributed by atoms with Crippen molar-refractivity contribution in [3.8, 4) is 11.4 Å². The van der Waals surface area contributed by atoms with E-state index in [-0.39, 0.29) is 23.9 Å². The number of imidazole rings is 1. The van der Waals surface area contributed by atoms with Gasteiger partial charge in [-0.15, -0.1) is 0 Å². The molecule has 6 nitrogen and oxygen atoms in total. The highest BCUT2D eigenvalue weighted by Crippen LogP contribution is 2.38. The van der Waals surface area contributed by atoms with Gasteiger partial charge in [-0.2, -0.15) is 0 Å². The summed E-state index contributed by atoms with van der Waals surface area (Å²) in [4.78, 5) is 21.3. The van der Waals surface area contributed by atoms with E-state index in [4.69, 9.17) is 20.8 Å². The third kappa shape index (κ3) is 4.46. The number of carbonyl (C=O) groups excluding carboxylic acids is 1. The van der Waals surface area contributed by atoms with Crippen molar-refractivity contribution in [2.75, 3.05) is 6.61 Å². The minimum atomic E-state index is -2.82. The third-order valence-electron chi connectivity index (χ3n) is 6.84. The summed E-state index contributed by atoms with van der Waals surface area (Å²) >= 11 is 6.71. The van der Waals surface area contributed by atoms with Crippen LogP contribution in [0, 0.1) is 0 Å². The molecule has 0 unspecified atom stereocenters. The maximum absolute atomic E-state index is 12.5. The first kappa shape index (κ1) is 25.9. The monoisotopic (exact) mass is 543 g/mol. The summed E-state index contributed by atoms with van der Waals surface area (Å²) in [7, 11) is -2.82. The highest BCUT2D eigenvalue weighted by molar-refractivity contribution is 7.00. The van der Waals surface area contributed by atoms with Gasteiger partial charge in [0.15, 0.2) is 5.69 Å². The SMILES string of the molecule is CCOC(=O)c1ncn2c1CN=C(Cl)c1cc(O[Si](c3ccccc3)(c3ccccc3)C(C)(C)C)ccc1-2. The second-order valence-corrected chi connectivity index (χ2v) is 14.8. The van der Waals surface area contributed by atoms with E-state index in [9.17, 15) is 4.79 Å². The normalized spacial score (nSPS) is 13.1. The van der Waals surface area contributed by atoms with Crippen LogP contribution < -0.4 is 14.8 Å². The van der Waals surface area contributed by atoms with Crippen molar-refractivity contribution in [2.24, 2.45) is 4.99 Å². The second kappa shape index (κ2) is 10.2. The Bertz CT molecular complexity index is 1450. The molecule has 3 aromatic carbocycles. The fourth-order valence-electron chi connectivity index (χ4n) is 5.11. The molecule has 1 aliphatic heterocycles. The van der Waals surface area contributed by atoms with E-state index >= 15 is 0 Å². The Morgan fingerprint density at radius 1 is 1.00 bits per heavy atom. The average Bonchev–Trinajstić information content (AvgIpc) is 3.29. The van der Waals surface area contributed by atoms with E-state index < -0.39 is 14.3 Å². The van der Waals surface area contributed by atoms with Gasteiger partial charge in [-0.25, -0.2) is 9.78 Å². The topological polar surface area (TPSA) is 65.7 Å². The molecule has 2 heterocycles. The van der Waals surface area contributed by atoms with Crippen molar-refractivity contribution in [3.63, 3.8) is 0 Å². The quantitative estimate of drug-likeness (QED) is 0.238. The van der Waals surface area contributed by atoms with Gasteiger partial charge >= 0.3 is 14.3 Å². The van der Waals surface area contributed by atoms with Gasteiger partial charge in [0.25, 0.3) is 0 Å². The molecule has 0 radical (unpaired) electrons. The molecule has 1 aliphatic rings. The van der Waals surface area contributed by atoms with Crippen LogP contribution in [0.3, 0.4) is 0 Å². The summed E-state index contributed by atoms with van der Waals surface area (Å²) in [6.45, 7) is 8.98. The van der Waals surface area contributed by atoms with Crippen LogP contribution in [0.1, 0.15) is 49.4 Å². The number of aromatic nitrogens is 2. The smallest absolute Gasteiger partial charge is 0.358 e. The van der Waals surface area contributed by atoms with Crippen molar-refractivity contribution in [3.05, 3.63) is 102 Å². The lowest BCUT2D eigenvalue weighted by atomic mass is 10.1. The Labute approximate surface area is 229 Å². The van der Waals surface area contributed by atoms with Crippen LogP contribution in [0.2, 0.25) is 5.04 Å². The molecule has 38 heavy (non-hydrogen) atoms. The molecule has 0 N–H and O–H groups in total. The molecule has 4 aromatic rings. The lowest BCUT2D eigenvalue weighted by molar-refractivity contribution is 0.0518. The van der Waals surface area contributed by atoms with Gasteiger partial charge in [0, 0.05) is 5.56 Å². The molecule has 1 aromatic heterocycles. The van der Waals surface area contributed by atoms with Crippen molar-refractivity contribution in [2.45, 2.75) is 39.3 Å². The van der Waals surface area contributed by atoms with Gasteiger partial charge in [0.1, 0.15) is 17.2 Å². The van der Waals surface area contributed by atoms with Crippen LogP contribution in [0.4, 0.5) is 0 Å². The summed E-state index contributed by atoms with van der Waals surface area (Å²) in [6.07, 6.45) is 1.62. The average molecular weight is 544 g/mol. The number of benzene rings is 3. The lowest BCUT2D eigenvalue weighted by Crippen LogP contribution is -2.68. The van der Waals surface area contributed by atoms with Crippen molar-refractivity contribution >= 4 is 41.4 Å². The minimum Gasteiger partial charge on any atom is -0.534 e. The highest BCUT2D eigenvalue weighted by Gasteiger charge is 2.52. The van der Waals surface area contributed by atoms with Crippen LogP contribution >= 0.6 is 11.6 Å². The van der Waals surface area contributed by atoms with Crippen molar-refractivity contribution in [1.82, 2.24) is 9.55 Å². The number of esters is 1. The number of ether oxygens (including phenoxy) is 1. The van der Waals surface area contributed by atoms with Crippen LogP contribution in [-0.2, 0) is 11.3 Å². The highest BCUT2D eigenvalue weighted by atomic mass is 35.5. The Hall–Kier alpha value is -3.68. The minimum absolute atomic E-state index is 0.188. The van der Waals surface area contributed by atoms with Gasteiger partial charge in [-0.1, -0.05) is 93.0 Å². The lowest BCUT2D eigenvalue weighted by Gasteiger charge is -2.43. The molecule has 0 amide bonds. The number of carbonyl (C=O) groups is 1. The summed E-state index contributed by atoms with van der Waals surface area (Å²) in [6, 6.07) is 26.8. The molecule has 0 aliphatic carbocycles. The predicted octanol–water partition coefficient (Wildman–Crippen LogP) is 5.49. The van der Waals surface area contributed by atoms with Gasteiger partial charge in [0.2, 0.25) is 0 Å². The fourth-order valence-corrected chi connectivity index (χ4v) is 9.73. The summed E-state index contributed by atoms with van der Waals surface area (Å²) in [5.41, 5.74) is 2.39. The molecule has 0 saturated carbocycles. The number of hydrogen-bond acceptors (Lipinski definition) is 5. The Kier molecular flexibility index (Phi) is 6.99. The Morgan fingerprint density at radius 2 is 1.63 bits per heavy atom. The van der Waals surface area contributed by atoms with Gasteiger partial charge < -0.3 is 9.16 Å². The molecule has 0 bridgehead atoms. The maximum atomic E-state index is 12.5. The van der Waals surface area contributed by atoms with Gasteiger partial charge in [-0.05, 0) is 40.5 Å². The van der Waals surface area contributed by atoms with Crippen molar-refractivity contribution < 1.29 is 14.0 Å². The number of rotatable bonds is 6. The molecule has 0 atom stereocenters. The number of halogens is 1. The summed E-state index contributed by atoms with van der Waals surface area (Å²) in [5.74, 6) is 0.239. The maximum Gasteiger partial charge on any atom is 0.358 e. The zero-order valence-corrected chi connectivity index (χ0v) is 23.7. The van der Waals surface area contributed by atoms with Crippen LogP contribution in [0.25, 0.3) is 5.69 Å². The van der Waals surface area contributed by atoms with E-state index in [1.54, 1.807) is 13.3 Å². The number of hydrogen-bond donors (Lipinski definition) is 0. The van der Waals surface area contributed by atoms with Crippen LogP contribution in [0.15, 0.2) is 90.2 Å². The van der Waals surface area contributed by atoms with Crippen LogP contribution in [0.5, 0.6) is 5.75 Å². The van der Waals surface area contributed by atoms with Crippen molar-refractivity contribution in [1.29, 1.82) is 0 Å². The Morgan fingerprint density at radius 3 is 2.21 bits per heavy atom. The van der Waals surface area contributed by atoms with E-state index in [0.717, 1.165) is 5.69 Å². The second-order valence-electron chi connectivity index (χ2n) is 10.2. The molecule has 0 fully saturated rings. The molecule has 194 valence electrons. The predicted molar refractivity (Wildman–Crippen MR) is 154 cm³/mol. The Balaban J connectivity index is 1.65. The molecule has 0 spiro atoms. The van der Waals surface area contributed by atoms with Gasteiger partial charge in [0.05, 0.1) is 24.5 Å². The van der Waals surface area contributed by atoms with Crippen LogP contribution in [-0.4, -0.2) is 35.6 Å². The zero-order valence-electron chi connectivity index (χ0n) is 21.9. The fraction of sp³-hybridized carbons (Fsp3) is 0.233. The standard InChI is InChI=1S/C30H30ClN3O3Si/c1-5-36-29(35)27-26-19-32-28(31)24-18-21(16-17-25(24)34(26)20-33-27)37-38(30(2,3)4,22-12-8-6-9-13-22)23-14-10-7-11-15-23/h6-18,20H,5,19H2,1-4H3. The van der Waals surface area contributed by atoms with E-state index in [0.29, 0.717) is 22.2 Å². The zero-order chi connectivity index (χ0) is 26.9. The first-order valence-corrected chi connectivity index (χ1v) is 14.9. The largest absolute Gasteiger partial charge is 0.534 e.